The van der Waals surface area contributed by atoms with Crippen LogP contribution in [0.2, 0.25) is 0 Å². The van der Waals surface area contributed by atoms with Gasteiger partial charge in [0.15, 0.2) is 12.6 Å². The molecule has 2 heterocycles. The van der Waals surface area contributed by atoms with Gasteiger partial charge in [-0.25, -0.2) is 4.79 Å². The van der Waals surface area contributed by atoms with Gasteiger partial charge in [-0.05, 0) is 26.7 Å². The van der Waals surface area contributed by atoms with E-state index in [1.54, 1.807) is 0 Å². The molecule has 0 aromatic heterocycles. The molecule has 13 nitrogen and oxygen atoms in total. The highest BCUT2D eigenvalue weighted by atomic mass is 16.8. The van der Waals surface area contributed by atoms with Crippen LogP contribution in [0.4, 0.5) is 0 Å². The topological polar surface area (TPSA) is 202 Å². The predicted molar refractivity (Wildman–Crippen MR) is 171 cm³/mol. The molecule has 2 aliphatic heterocycles. The molecule has 0 amide bonds. The average Bonchev–Trinajstić information content (AvgIpc) is 3.02. The molecule has 2 saturated heterocycles. The largest absolute Gasteiger partial charge is 0.478 e. The van der Waals surface area contributed by atoms with Gasteiger partial charge in [0.2, 0.25) is 0 Å². The second kappa shape index (κ2) is 22.1. The van der Waals surface area contributed by atoms with Crippen LogP contribution in [0.1, 0.15) is 124 Å². The summed E-state index contributed by atoms with van der Waals surface area (Å²) < 4.78 is 29.0. The third kappa shape index (κ3) is 14.4. The van der Waals surface area contributed by atoms with Crippen LogP contribution < -0.4 is 0 Å². The Labute approximate surface area is 279 Å². The molecule has 0 spiro atoms. The summed E-state index contributed by atoms with van der Waals surface area (Å²) in [5.41, 5.74) is 0. The maximum absolute atomic E-state index is 13.2. The molecule has 2 aliphatic rings. The minimum absolute atomic E-state index is 0.0679. The van der Waals surface area contributed by atoms with Gasteiger partial charge in [-0.3, -0.25) is 4.79 Å². The standard InChI is InChI=1S/C34H60O13/c1-5-7-9-11-12-14-16-17-23(19-25(35)36)45-26(37)20-24(18-15-13-10-8-6-2)46-34-32(30(41)28(39)22(4)44-34)47-33-31(42)29(40)27(38)21(3)43-33/h19,21-22,24,27-34,38-42H,5-18,20H2,1-4H3,(H,35,36)/b23-19+/t21-,22-,24?,27-,28-,29+,30+,31+,32+,33-,34-/m0/s1. The number of unbranched alkanes of at least 4 members (excludes halogenated alkanes) is 10. The summed E-state index contributed by atoms with van der Waals surface area (Å²) in [5, 5.41) is 61.7. The zero-order valence-electron chi connectivity index (χ0n) is 28.6. The number of carbonyl (C=O) groups excluding carboxylic acids is 1. The Kier molecular flexibility index (Phi) is 19.5. The highest BCUT2D eigenvalue weighted by molar-refractivity contribution is 5.81. The van der Waals surface area contributed by atoms with E-state index in [2.05, 4.69) is 13.8 Å². The Hall–Kier alpha value is -1.68. The lowest BCUT2D eigenvalue weighted by atomic mass is 9.97. The normalized spacial score (nSPS) is 32.2. The summed E-state index contributed by atoms with van der Waals surface area (Å²) in [4.78, 5) is 24.6. The first-order valence-electron chi connectivity index (χ1n) is 17.6. The second-order valence-corrected chi connectivity index (χ2v) is 12.9. The van der Waals surface area contributed by atoms with Crippen LogP contribution in [0.25, 0.3) is 0 Å². The van der Waals surface area contributed by atoms with Gasteiger partial charge in [-0.15, -0.1) is 0 Å². The fourth-order valence-electron chi connectivity index (χ4n) is 5.84. The fourth-order valence-corrected chi connectivity index (χ4v) is 5.84. The van der Waals surface area contributed by atoms with Crippen LogP contribution in [0, 0.1) is 0 Å². The Bertz CT molecular complexity index is 930. The first kappa shape index (κ1) is 41.5. The quantitative estimate of drug-likeness (QED) is 0.0422. The van der Waals surface area contributed by atoms with E-state index in [1.807, 2.05) is 0 Å². The van der Waals surface area contributed by atoms with Crippen molar-refractivity contribution in [1.29, 1.82) is 0 Å². The maximum atomic E-state index is 13.2. The van der Waals surface area contributed by atoms with Gasteiger partial charge in [-0.2, -0.15) is 0 Å². The van der Waals surface area contributed by atoms with Crippen LogP contribution in [0.15, 0.2) is 11.8 Å². The highest BCUT2D eigenvalue weighted by Gasteiger charge is 2.50. The van der Waals surface area contributed by atoms with Crippen LogP contribution in [0.5, 0.6) is 0 Å². The van der Waals surface area contributed by atoms with Gasteiger partial charge in [-0.1, -0.05) is 84.5 Å². The predicted octanol–water partition coefficient (Wildman–Crippen LogP) is 3.45. The number of allylic oxidation sites excluding steroid dienone is 1. The monoisotopic (exact) mass is 676 g/mol. The van der Waals surface area contributed by atoms with Gasteiger partial charge in [0.1, 0.15) is 42.4 Å². The number of carboxylic acids is 1. The number of aliphatic hydroxyl groups excluding tert-OH is 5. The van der Waals surface area contributed by atoms with Crippen LogP contribution in [0.3, 0.4) is 0 Å². The van der Waals surface area contributed by atoms with Gasteiger partial charge < -0.3 is 54.3 Å². The molecule has 0 aromatic rings. The Balaban J connectivity index is 2.15. The summed E-state index contributed by atoms with van der Waals surface area (Å²) in [5.74, 6) is -1.83. The van der Waals surface area contributed by atoms with Gasteiger partial charge in [0, 0.05) is 6.42 Å². The van der Waals surface area contributed by atoms with E-state index >= 15 is 0 Å². The number of hydrogen-bond donors (Lipinski definition) is 6. The summed E-state index contributed by atoms with van der Waals surface area (Å²) in [6.45, 7) is 7.27. The Morgan fingerprint density at radius 2 is 1.23 bits per heavy atom. The molecule has 2 fully saturated rings. The number of hydrogen-bond acceptors (Lipinski definition) is 12. The van der Waals surface area contributed by atoms with E-state index in [4.69, 9.17) is 23.7 Å². The highest BCUT2D eigenvalue weighted by Crippen LogP contribution is 2.31. The maximum Gasteiger partial charge on any atom is 0.331 e. The van der Waals surface area contributed by atoms with Gasteiger partial charge in [0.05, 0.1) is 30.8 Å². The van der Waals surface area contributed by atoms with Crippen molar-refractivity contribution in [1.82, 2.24) is 0 Å². The van der Waals surface area contributed by atoms with Crippen molar-refractivity contribution in [2.75, 3.05) is 0 Å². The molecule has 0 bridgehead atoms. The smallest absolute Gasteiger partial charge is 0.331 e. The molecule has 13 heteroatoms. The molecule has 274 valence electrons. The second-order valence-electron chi connectivity index (χ2n) is 12.9. The van der Waals surface area contributed by atoms with Gasteiger partial charge >= 0.3 is 11.9 Å². The first-order valence-corrected chi connectivity index (χ1v) is 17.6. The molecule has 0 saturated carbocycles. The van der Waals surface area contributed by atoms with Crippen molar-refractivity contribution in [3.8, 4) is 0 Å². The van der Waals surface area contributed by atoms with Crippen molar-refractivity contribution in [2.45, 2.75) is 192 Å². The Morgan fingerprint density at radius 1 is 0.702 bits per heavy atom. The average molecular weight is 677 g/mol. The molecular weight excluding hydrogens is 616 g/mol. The number of carboxylic acid groups (broad SMARTS) is 1. The van der Waals surface area contributed by atoms with Crippen molar-refractivity contribution in [3.05, 3.63) is 11.8 Å². The molecule has 0 radical (unpaired) electrons. The van der Waals surface area contributed by atoms with Crippen LogP contribution in [-0.4, -0.2) is 110 Å². The lowest BCUT2D eigenvalue weighted by molar-refractivity contribution is -0.366. The number of esters is 1. The third-order valence-corrected chi connectivity index (χ3v) is 8.79. The molecule has 1 unspecified atom stereocenters. The van der Waals surface area contributed by atoms with Crippen molar-refractivity contribution in [2.24, 2.45) is 0 Å². The third-order valence-electron chi connectivity index (χ3n) is 8.79. The minimum Gasteiger partial charge on any atom is -0.478 e. The van der Waals surface area contributed by atoms with E-state index in [9.17, 15) is 40.2 Å². The van der Waals surface area contributed by atoms with E-state index in [0.29, 0.717) is 25.7 Å². The van der Waals surface area contributed by atoms with E-state index in [0.717, 1.165) is 63.9 Å². The lowest BCUT2D eigenvalue weighted by Gasteiger charge is -2.46. The van der Waals surface area contributed by atoms with E-state index in [1.165, 1.54) is 20.3 Å². The minimum atomic E-state index is -1.68. The SMILES string of the molecule is CCCCCCCCC/C(=C\C(=O)O)OC(=O)CC(CCCCCCC)O[C@@H]1O[C@@H](C)[C@H](O)[C@@H](O)[C@H]1O[C@@H]1O[C@@H](C)[C@H](O)[C@@H](O)[C@H]1O. The summed E-state index contributed by atoms with van der Waals surface area (Å²) >= 11 is 0. The summed E-state index contributed by atoms with van der Waals surface area (Å²) in [6.07, 6.45) is -1.12. The van der Waals surface area contributed by atoms with E-state index in [-0.39, 0.29) is 12.2 Å². The summed E-state index contributed by atoms with van der Waals surface area (Å²) in [6, 6.07) is 0. The molecule has 11 atom stereocenters. The van der Waals surface area contributed by atoms with Crippen LogP contribution >= 0.6 is 0 Å². The molecule has 2 rings (SSSR count). The molecule has 6 N–H and O–H groups in total. The lowest BCUT2D eigenvalue weighted by Crippen LogP contribution is -2.63. The zero-order valence-corrected chi connectivity index (χ0v) is 28.6. The molecule has 0 aliphatic carbocycles. The van der Waals surface area contributed by atoms with Crippen molar-refractivity contribution < 1.29 is 63.9 Å². The van der Waals surface area contributed by atoms with Gasteiger partial charge in [0.25, 0.3) is 0 Å². The number of aliphatic carboxylic acids is 1. The first-order chi connectivity index (χ1) is 22.4. The van der Waals surface area contributed by atoms with Crippen molar-refractivity contribution in [3.63, 3.8) is 0 Å². The summed E-state index contributed by atoms with van der Waals surface area (Å²) in [7, 11) is 0. The fraction of sp³-hybridized carbons (Fsp3) is 0.882. The molecule has 47 heavy (non-hydrogen) atoms. The Morgan fingerprint density at radius 3 is 1.83 bits per heavy atom. The van der Waals surface area contributed by atoms with Crippen LogP contribution in [-0.2, 0) is 33.3 Å². The number of carbonyl (C=O) groups is 2. The number of rotatable bonds is 22. The molecular formula is C34H60O13. The number of aliphatic hydroxyl groups is 5. The zero-order chi connectivity index (χ0) is 34.9. The number of ether oxygens (including phenoxy) is 5. The van der Waals surface area contributed by atoms with E-state index < -0.39 is 79.5 Å². The van der Waals surface area contributed by atoms with Crippen molar-refractivity contribution >= 4 is 11.9 Å². The molecule has 0 aromatic carbocycles.